The second-order valence-corrected chi connectivity index (χ2v) is 6.25. The minimum absolute atomic E-state index is 0.0166. The molecule has 0 aliphatic carbocycles. The highest BCUT2D eigenvalue weighted by Gasteiger charge is 2.16. The van der Waals surface area contributed by atoms with Gasteiger partial charge in [-0.05, 0) is 29.7 Å². The first kappa shape index (κ1) is 15.8. The topological polar surface area (TPSA) is 43.1 Å². The lowest BCUT2D eigenvalue weighted by Gasteiger charge is -2.13. The molecule has 2 unspecified atom stereocenters. The minimum Gasteiger partial charge on any atom is -0.323 e. The second-order valence-electron chi connectivity index (χ2n) is 4.79. The first-order valence-corrected chi connectivity index (χ1v) is 8.01. The Morgan fingerprint density at radius 1 is 1.14 bits per heavy atom. The molecule has 2 nitrogen and oxygen atoms in total. The molecule has 0 aromatic heterocycles. The zero-order chi connectivity index (χ0) is 15.4. The maximum atomic E-state index is 13.6. The molecule has 0 saturated heterocycles. The summed E-state index contributed by atoms with van der Waals surface area (Å²) in [6.45, 7) is 2.06. The molecule has 2 atom stereocenters. The van der Waals surface area contributed by atoms with Crippen LogP contribution in [0.2, 0.25) is 0 Å². The van der Waals surface area contributed by atoms with E-state index in [1.807, 2.05) is 24.3 Å². The molecule has 0 fully saturated rings. The standard InChI is InChI=1S/C16H17F2NOS/c1-2-11-3-5-12(6-4-11)15(19)10-21(20)16-8-7-13(17)9-14(16)18/h3-9,15H,2,10,19H2,1H3. The van der Waals surface area contributed by atoms with E-state index in [-0.39, 0.29) is 10.6 Å². The molecule has 2 N–H and O–H groups in total. The number of hydrogen-bond donors (Lipinski definition) is 1. The van der Waals surface area contributed by atoms with Crippen LogP contribution in [0.3, 0.4) is 0 Å². The quantitative estimate of drug-likeness (QED) is 0.920. The minimum atomic E-state index is -1.61. The predicted octanol–water partition coefficient (Wildman–Crippen LogP) is 3.33. The first-order valence-electron chi connectivity index (χ1n) is 6.69. The van der Waals surface area contributed by atoms with E-state index in [1.54, 1.807) is 0 Å². The van der Waals surface area contributed by atoms with Crippen LogP contribution < -0.4 is 5.73 Å². The van der Waals surface area contributed by atoms with Gasteiger partial charge in [0.15, 0.2) is 0 Å². The summed E-state index contributed by atoms with van der Waals surface area (Å²) in [5.41, 5.74) is 8.06. The van der Waals surface area contributed by atoms with Gasteiger partial charge in [-0.3, -0.25) is 4.21 Å². The molecule has 0 heterocycles. The summed E-state index contributed by atoms with van der Waals surface area (Å²) in [4.78, 5) is -0.0166. The Labute approximate surface area is 125 Å². The lowest BCUT2D eigenvalue weighted by molar-refractivity contribution is 0.561. The summed E-state index contributed by atoms with van der Waals surface area (Å²) in [5, 5.41) is 0. The van der Waals surface area contributed by atoms with Crippen LogP contribution in [-0.4, -0.2) is 9.96 Å². The molecule has 0 radical (unpaired) electrons. The highest BCUT2D eigenvalue weighted by atomic mass is 32.2. The molecular formula is C16H17F2NOS. The van der Waals surface area contributed by atoms with Crippen LogP contribution in [0.25, 0.3) is 0 Å². The first-order chi connectivity index (χ1) is 10.0. The van der Waals surface area contributed by atoms with Gasteiger partial charge in [-0.1, -0.05) is 31.2 Å². The smallest absolute Gasteiger partial charge is 0.142 e. The number of halogens is 2. The van der Waals surface area contributed by atoms with Gasteiger partial charge in [0.2, 0.25) is 0 Å². The highest BCUT2D eigenvalue weighted by Crippen LogP contribution is 2.19. The van der Waals surface area contributed by atoms with Crippen LogP contribution >= 0.6 is 0 Å². The van der Waals surface area contributed by atoms with E-state index in [1.165, 1.54) is 11.6 Å². The molecule has 21 heavy (non-hydrogen) atoms. The third-order valence-electron chi connectivity index (χ3n) is 3.29. The summed E-state index contributed by atoms with van der Waals surface area (Å²) in [7, 11) is -1.61. The van der Waals surface area contributed by atoms with Gasteiger partial charge in [0.1, 0.15) is 11.6 Å². The zero-order valence-electron chi connectivity index (χ0n) is 11.7. The van der Waals surface area contributed by atoms with Crippen LogP contribution in [0, 0.1) is 11.6 Å². The van der Waals surface area contributed by atoms with Gasteiger partial charge in [0.25, 0.3) is 0 Å². The Bertz CT molecular complexity index is 643. The van der Waals surface area contributed by atoms with Crippen LogP contribution in [0.4, 0.5) is 8.78 Å². The van der Waals surface area contributed by atoms with E-state index in [9.17, 15) is 13.0 Å². The molecule has 2 aromatic rings. The van der Waals surface area contributed by atoms with Crippen molar-refractivity contribution in [2.75, 3.05) is 5.75 Å². The summed E-state index contributed by atoms with van der Waals surface area (Å²) in [5.74, 6) is -1.40. The molecule has 0 bridgehead atoms. The summed E-state index contributed by atoms with van der Waals surface area (Å²) in [6, 6.07) is 10.3. The van der Waals surface area contributed by atoms with E-state index in [4.69, 9.17) is 5.73 Å². The van der Waals surface area contributed by atoms with Crippen molar-refractivity contribution in [2.24, 2.45) is 5.73 Å². The van der Waals surface area contributed by atoms with Crippen molar-refractivity contribution in [3.63, 3.8) is 0 Å². The fraction of sp³-hybridized carbons (Fsp3) is 0.250. The predicted molar refractivity (Wildman–Crippen MR) is 80.4 cm³/mol. The van der Waals surface area contributed by atoms with Crippen LogP contribution in [-0.2, 0) is 17.2 Å². The Kier molecular flexibility index (Phi) is 5.20. The average Bonchev–Trinajstić information content (AvgIpc) is 2.47. The van der Waals surface area contributed by atoms with E-state index in [0.717, 1.165) is 24.1 Å². The third-order valence-corrected chi connectivity index (χ3v) is 4.77. The van der Waals surface area contributed by atoms with Gasteiger partial charge < -0.3 is 5.73 Å². The summed E-state index contributed by atoms with van der Waals surface area (Å²) < 4.78 is 38.6. The summed E-state index contributed by atoms with van der Waals surface area (Å²) in [6.07, 6.45) is 0.933. The van der Waals surface area contributed by atoms with E-state index in [2.05, 4.69) is 6.92 Å². The zero-order valence-corrected chi connectivity index (χ0v) is 12.5. The Balaban J connectivity index is 2.10. The molecule has 0 aliphatic heterocycles. The van der Waals surface area contributed by atoms with Gasteiger partial charge in [0.05, 0.1) is 15.7 Å². The molecule has 5 heteroatoms. The van der Waals surface area contributed by atoms with Gasteiger partial charge in [-0.15, -0.1) is 0 Å². The van der Waals surface area contributed by atoms with Crippen LogP contribution in [0.15, 0.2) is 47.4 Å². The van der Waals surface area contributed by atoms with Gasteiger partial charge in [-0.25, -0.2) is 8.78 Å². The van der Waals surface area contributed by atoms with E-state index in [0.29, 0.717) is 0 Å². The third kappa shape index (κ3) is 3.95. The molecule has 0 saturated carbocycles. The molecule has 0 aliphatic rings. The van der Waals surface area contributed by atoms with Crippen molar-refractivity contribution in [3.05, 3.63) is 65.2 Å². The Morgan fingerprint density at radius 3 is 2.38 bits per heavy atom. The SMILES string of the molecule is CCc1ccc(C(N)CS(=O)c2ccc(F)cc2F)cc1. The van der Waals surface area contributed by atoms with Crippen molar-refractivity contribution in [1.29, 1.82) is 0 Å². The van der Waals surface area contributed by atoms with E-state index >= 15 is 0 Å². The number of nitrogens with two attached hydrogens (primary N) is 1. The largest absolute Gasteiger partial charge is 0.323 e. The van der Waals surface area contributed by atoms with Crippen molar-refractivity contribution in [2.45, 2.75) is 24.3 Å². The number of hydrogen-bond acceptors (Lipinski definition) is 2. The highest BCUT2D eigenvalue weighted by molar-refractivity contribution is 7.85. The van der Waals surface area contributed by atoms with Gasteiger partial charge >= 0.3 is 0 Å². The lowest BCUT2D eigenvalue weighted by Crippen LogP contribution is -2.19. The molecule has 112 valence electrons. The van der Waals surface area contributed by atoms with Crippen molar-refractivity contribution in [1.82, 2.24) is 0 Å². The van der Waals surface area contributed by atoms with Crippen molar-refractivity contribution >= 4 is 10.8 Å². The lowest BCUT2D eigenvalue weighted by atomic mass is 10.1. The molecule has 2 rings (SSSR count). The Hall–Kier alpha value is -1.59. The average molecular weight is 309 g/mol. The monoisotopic (exact) mass is 309 g/mol. The van der Waals surface area contributed by atoms with Gasteiger partial charge in [0, 0.05) is 17.9 Å². The molecule has 2 aromatic carbocycles. The van der Waals surface area contributed by atoms with Crippen LogP contribution in [0.1, 0.15) is 24.1 Å². The molecular weight excluding hydrogens is 292 g/mol. The number of aryl methyl sites for hydroxylation is 1. The fourth-order valence-electron chi connectivity index (χ4n) is 2.01. The van der Waals surface area contributed by atoms with Crippen molar-refractivity contribution in [3.8, 4) is 0 Å². The number of benzene rings is 2. The van der Waals surface area contributed by atoms with Crippen molar-refractivity contribution < 1.29 is 13.0 Å². The summed E-state index contributed by atoms with van der Waals surface area (Å²) >= 11 is 0. The molecule has 0 spiro atoms. The van der Waals surface area contributed by atoms with E-state index < -0.39 is 28.5 Å². The Morgan fingerprint density at radius 2 is 1.81 bits per heavy atom. The van der Waals surface area contributed by atoms with Crippen LogP contribution in [0.5, 0.6) is 0 Å². The normalized spacial score (nSPS) is 13.9. The van der Waals surface area contributed by atoms with Gasteiger partial charge in [-0.2, -0.15) is 0 Å². The fourth-order valence-corrected chi connectivity index (χ4v) is 3.20. The maximum Gasteiger partial charge on any atom is 0.142 e. The number of rotatable bonds is 5. The second kappa shape index (κ2) is 6.91. The molecule has 0 amide bonds. The maximum absolute atomic E-state index is 13.6.